The van der Waals surface area contributed by atoms with Crippen LogP contribution in [0.25, 0.3) is 0 Å². The molecule has 1 heterocycles. The molecule has 8 heteroatoms. The Bertz CT molecular complexity index is 1270. The number of carbonyl (C=O) groups excluding carboxylic acids is 2. The first-order valence-corrected chi connectivity index (χ1v) is 11.9. The summed E-state index contributed by atoms with van der Waals surface area (Å²) in [7, 11) is 0. The van der Waals surface area contributed by atoms with Crippen molar-refractivity contribution in [2.24, 2.45) is 10.7 Å². The summed E-state index contributed by atoms with van der Waals surface area (Å²) >= 11 is 14.0. The third-order valence-corrected chi connectivity index (χ3v) is 6.60. The summed E-state index contributed by atoms with van der Waals surface area (Å²) in [5.41, 5.74) is 8.73. The number of hydrogen-bond acceptors (Lipinski definition) is 5. The van der Waals surface area contributed by atoms with Gasteiger partial charge < -0.3 is 10.5 Å². The van der Waals surface area contributed by atoms with Gasteiger partial charge in [0.2, 0.25) is 5.91 Å². The number of aliphatic imine (C=N–C) groups is 1. The second-order valence-electron chi connectivity index (χ2n) is 7.44. The van der Waals surface area contributed by atoms with Crippen LogP contribution in [-0.4, -0.2) is 24.2 Å². The summed E-state index contributed by atoms with van der Waals surface area (Å²) in [4.78, 5) is 31.3. The van der Waals surface area contributed by atoms with E-state index in [9.17, 15) is 9.59 Å². The Morgan fingerprint density at radius 1 is 1.03 bits per heavy atom. The lowest BCUT2D eigenvalue weighted by Crippen LogP contribution is -2.18. The van der Waals surface area contributed by atoms with Gasteiger partial charge in [-0.3, -0.25) is 4.79 Å². The first-order chi connectivity index (χ1) is 15.9. The van der Waals surface area contributed by atoms with Crippen LogP contribution in [0.3, 0.4) is 0 Å². The van der Waals surface area contributed by atoms with Gasteiger partial charge in [0.25, 0.3) is 0 Å². The summed E-state index contributed by atoms with van der Waals surface area (Å²) < 4.78 is 5.36. The average Bonchev–Trinajstić information content (AvgIpc) is 2.94. The number of ether oxygens (including phenoxy) is 1. The second-order valence-corrected chi connectivity index (χ2v) is 9.39. The standard InChI is InChI=1S/C25H20Cl2N2O3S/c1-2-3-9-32-25(31)14-7-8-20-19(12-14)29-23(15-10-16(26)13-17(27)11-15)22-18(24(28)30)5-4-6-21(22)33-20/h4-8,10-13H,2-3,9H2,1H3,(H2,28,30). The van der Waals surface area contributed by atoms with Gasteiger partial charge in [0, 0.05) is 36.5 Å². The van der Waals surface area contributed by atoms with Gasteiger partial charge in [-0.05, 0) is 55.0 Å². The molecule has 2 N–H and O–H groups in total. The number of rotatable bonds is 6. The molecule has 0 radical (unpaired) electrons. The molecular formula is C25H20Cl2N2O3S. The molecule has 1 amide bonds. The van der Waals surface area contributed by atoms with E-state index in [-0.39, 0.29) is 0 Å². The van der Waals surface area contributed by atoms with E-state index in [1.807, 2.05) is 19.1 Å². The maximum atomic E-state index is 12.5. The number of nitrogens with two attached hydrogens (primary N) is 1. The van der Waals surface area contributed by atoms with E-state index in [1.165, 1.54) is 11.8 Å². The van der Waals surface area contributed by atoms with E-state index in [1.54, 1.807) is 42.5 Å². The molecule has 0 unspecified atom stereocenters. The van der Waals surface area contributed by atoms with E-state index in [0.717, 1.165) is 22.6 Å². The van der Waals surface area contributed by atoms with Crippen LogP contribution in [0.5, 0.6) is 0 Å². The van der Waals surface area contributed by atoms with E-state index >= 15 is 0 Å². The van der Waals surface area contributed by atoms with Crippen molar-refractivity contribution in [1.82, 2.24) is 0 Å². The topological polar surface area (TPSA) is 81.8 Å². The number of amides is 1. The first kappa shape index (κ1) is 23.4. The lowest BCUT2D eigenvalue weighted by molar-refractivity contribution is 0.0499. The Labute approximate surface area is 205 Å². The Morgan fingerprint density at radius 3 is 2.48 bits per heavy atom. The molecule has 1 aliphatic heterocycles. The third-order valence-electron chi connectivity index (χ3n) is 5.04. The SMILES string of the molecule is CCCCOC(=O)c1ccc2c(c1)N=C(c1cc(Cl)cc(Cl)c1)c1c(cccc1C(N)=O)S2. The highest BCUT2D eigenvalue weighted by Crippen LogP contribution is 2.43. The van der Waals surface area contributed by atoms with Crippen molar-refractivity contribution in [2.45, 2.75) is 29.6 Å². The zero-order valence-corrected chi connectivity index (χ0v) is 20.1. The van der Waals surface area contributed by atoms with Crippen LogP contribution in [-0.2, 0) is 4.74 Å². The van der Waals surface area contributed by atoms with Crippen LogP contribution in [0.1, 0.15) is 51.6 Å². The summed E-state index contributed by atoms with van der Waals surface area (Å²) in [6, 6.07) is 15.7. The Morgan fingerprint density at radius 2 is 1.79 bits per heavy atom. The van der Waals surface area contributed by atoms with Gasteiger partial charge in [-0.25, -0.2) is 9.79 Å². The lowest BCUT2D eigenvalue weighted by Gasteiger charge is -2.13. The molecule has 0 saturated heterocycles. The monoisotopic (exact) mass is 498 g/mol. The number of esters is 1. The molecule has 0 aromatic heterocycles. The minimum atomic E-state index is -0.570. The third kappa shape index (κ3) is 5.08. The molecule has 0 fully saturated rings. The predicted octanol–water partition coefficient (Wildman–Crippen LogP) is 6.68. The van der Waals surface area contributed by atoms with Crippen LogP contribution in [0, 0.1) is 0 Å². The molecular weight excluding hydrogens is 479 g/mol. The molecule has 0 atom stereocenters. The normalized spacial score (nSPS) is 12.3. The lowest BCUT2D eigenvalue weighted by atomic mass is 9.96. The number of halogens is 2. The quantitative estimate of drug-likeness (QED) is 0.237. The van der Waals surface area contributed by atoms with Gasteiger partial charge in [0.05, 0.1) is 23.6 Å². The molecule has 0 bridgehead atoms. The Balaban J connectivity index is 1.90. The zero-order valence-electron chi connectivity index (χ0n) is 17.7. The molecule has 0 aliphatic carbocycles. The fourth-order valence-corrected chi connectivity index (χ4v) is 5.03. The highest BCUT2D eigenvalue weighted by Gasteiger charge is 2.25. The first-order valence-electron chi connectivity index (χ1n) is 10.3. The summed E-state index contributed by atoms with van der Waals surface area (Å²) in [6.45, 7) is 2.40. The van der Waals surface area contributed by atoms with Crippen LogP contribution in [0.2, 0.25) is 10.0 Å². The number of hydrogen-bond donors (Lipinski definition) is 1. The molecule has 5 nitrogen and oxygen atoms in total. The summed E-state index contributed by atoms with van der Waals surface area (Å²) in [5, 5.41) is 0.868. The van der Waals surface area contributed by atoms with Crippen molar-refractivity contribution in [3.8, 4) is 0 Å². The van der Waals surface area contributed by atoms with Crippen molar-refractivity contribution in [3.05, 3.63) is 86.9 Å². The number of benzene rings is 3. The molecule has 33 heavy (non-hydrogen) atoms. The molecule has 1 aliphatic rings. The van der Waals surface area contributed by atoms with Crippen molar-refractivity contribution < 1.29 is 14.3 Å². The van der Waals surface area contributed by atoms with E-state index in [2.05, 4.69) is 0 Å². The van der Waals surface area contributed by atoms with Crippen molar-refractivity contribution in [2.75, 3.05) is 6.61 Å². The van der Waals surface area contributed by atoms with Gasteiger partial charge >= 0.3 is 5.97 Å². The van der Waals surface area contributed by atoms with Crippen molar-refractivity contribution >= 4 is 58.2 Å². The average molecular weight is 499 g/mol. The van der Waals surface area contributed by atoms with E-state index < -0.39 is 11.9 Å². The van der Waals surface area contributed by atoms with Crippen LogP contribution in [0.4, 0.5) is 5.69 Å². The minimum absolute atomic E-state index is 0.335. The predicted molar refractivity (Wildman–Crippen MR) is 132 cm³/mol. The number of fused-ring (bicyclic) bond motifs is 2. The highest BCUT2D eigenvalue weighted by atomic mass is 35.5. The largest absolute Gasteiger partial charge is 0.462 e. The van der Waals surface area contributed by atoms with Gasteiger partial charge in [0.15, 0.2) is 0 Å². The molecule has 0 saturated carbocycles. The highest BCUT2D eigenvalue weighted by molar-refractivity contribution is 7.99. The molecule has 168 valence electrons. The van der Waals surface area contributed by atoms with Gasteiger partial charge in [0.1, 0.15) is 0 Å². The summed E-state index contributed by atoms with van der Waals surface area (Å²) in [5.74, 6) is -0.974. The maximum Gasteiger partial charge on any atom is 0.338 e. The van der Waals surface area contributed by atoms with Gasteiger partial charge in [-0.2, -0.15) is 0 Å². The fraction of sp³-hybridized carbons (Fsp3) is 0.160. The number of primary amides is 1. The van der Waals surface area contributed by atoms with Crippen molar-refractivity contribution in [1.29, 1.82) is 0 Å². The Kier molecular flexibility index (Phi) is 7.08. The molecule has 4 rings (SSSR count). The van der Waals surface area contributed by atoms with E-state index in [0.29, 0.717) is 50.3 Å². The van der Waals surface area contributed by atoms with E-state index in [4.69, 9.17) is 38.7 Å². The van der Waals surface area contributed by atoms with Crippen LogP contribution < -0.4 is 5.73 Å². The summed E-state index contributed by atoms with van der Waals surface area (Å²) in [6.07, 6.45) is 1.74. The van der Waals surface area contributed by atoms with Crippen LogP contribution in [0.15, 0.2) is 69.4 Å². The zero-order chi connectivity index (χ0) is 23.5. The van der Waals surface area contributed by atoms with Gasteiger partial charge in [-0.1, -0.05) is 54.4 Å². The molecule has 3 aromatic rings. The number of nitrogens with zero attached hydrogens (tertiary/aromatic N) is 1. The number of unbranched alkanes of at least 4 members (excludes halogenated alkanes) is 1. The second kappa shape index (κ2) is 10.00. The maximum absolute atomic E-state index is 12.5. The Hall–Kier alpha value is -2.80. The van der Waals surface area contributed by atoms with Crippen molar-refractivity contribution in [3.63, 3.8) is 0 Å². The molecule has 3 aromatic carbocycles. The van der Waals surface area contributed by atoms with Crippen LogP contribution >= 0.6 is 35.0 Å². The minimum Gasteiger partial charge on any atom is -0.462 e. The van der Waals surface area contributed by atoms with Gasteiger partial charge in [-0.15, -0.1) is 0 Å². The fourth-order valence-electron chi connectivity index (χ4n) is 3.47. The number of carbonyl (C=O) groups is 2. The smallest absolute Gasteiger partial charge is 0.338 e. The molecule has 0 spiro atoms.